The molecule has 1 aliphatic carbocycles. The molecule has 0 saturated heterocycles. The van der Waals surface area contributed by atoms with Crippen LogP contribution >= 0.6 is 0 Å². The lowest BCUT2D eigenvalue weighted by molar-refractivity contribution is 0.271. The molecule has 1 saturated carbocycles. The molecule has 2 heteroatoms. The topological polar surface area (TPSA) is 21.3 Å². The number of rotatable bonds is 6. The van der Waals surface area contributed by atoms with Gasteiger partial charge >= 0.3 is 0 Å². The normalized spacial score (nSPS) is 16.9. The Kier molecular flexibility index (Phi) is 6.23. The van der Waals surface area contributed by atoms with Crippen molar-refractivity contribution < 1.29 is 4.74 Å². The van der Waals surface area contributed by atoms with Crippen LogP contribution < -0.4 is 10.1 Å². The molecular formula is C18H29NO. The van der Waals surface area contributed by atoms with Gasteiger partial charge in [-0.15, -0.1) is 0 Å². The fraction of sp³-hybridized carbons (Fsp3) is 0.667. The Hall–Kier alpha value is -1.18. The highest BCUT2D eigenvalue weighted by Gasteiger charge is 2.11. The lowest BCUT2D eigenvalue weighted by Gasteiger charge is -2.16. The Morgan fingerprint density at radius 3 is 2.60 bits per heavy atom. The van der Waals surface area contributed by atoms with Gasteiger partial charge in [-0.2, -0.15) is 0 Å². The van der Waals surface area contributed by atoms with Crippen LogP contribution in [0.2, 0.25) is 0 Å². The fourth-order valence-corrected chi connectivity index (χ4v) is 2.79. The smallest absolute Gasteiger partial charge is 0.121 e. The van der Waals surface area contributed by atoms with E-state index in [1.54, 1.807) is 0 Å². The van der Waals surface area contributed by atoms with Crippen LogP contribution in [0.15, 0.2) is 24.3 Å². The number of nitrogens with one attached hydrogen (secondary N) is 1. The minimum atomic E-state index is 0.567. The molecule has 0 heterocycles. The van der Waals surface area contributed by atoms with Crippen molar-refractivity contribution in [2.75, 3.05) is 18.5 Å². The molecule has 0 radical (unpaired) electrons. The molecule has 1 aromatic carbocycles. The molecule has 0 aliphatic heterocycles. The maximum Gasteiger partial charge on any atom is 0.121 e. The standard InChI is InChI=1S/C18H29NO/c1-15(2)14-20-18-11-7-10-17(12-18)19-13-16-8-5-3-4-6-9-16/h7,10-12,15-16,19H,3-6,8-9,13-14H2,1-2H3. The Morgan fingerprint density at radius 2 is 1.90 bits per heavy atom. The van der Waals surface area contributed by atoms with Crippen LogP contribution in [-0.4, -0.2) is 13.2 Å². The van der Waals surface area contributed by atoms with Crippen LogP contribution in [0, 0.1) is 11.8 Å². The van der Waals surface area contributed by atoms with Gasteiger partial charge in [-0.3, -0.25) is 0 Å². The third-order valence-corrected chi connectivity index (χ3v) is 3.99. The number of hydrogen-bond donors (Lipinski definition) is 1. The quantitative estimate of drug-likeness (QED) is 0.729. The van der Waals surface area contributed by atoms with Crippen molar-refractivity contribution in [3.8, 4) is 5.75 Å². The Balaban J connectivity index is 1.81. The van der Waals surface area contributed by atoms with E-state index >= 15 is 0 Å². The van der Waals surface area contributed by atoms with E-state index in [4.69, 9.17) is 4.74 Å². The summed E-state index contributed by atoms with van der Waals surface area (Å²) in [6, 6.07) is 8.38. The van der Waals surface area contributed by atoms with E-state index in [0.29, 0.717) is 5.92 Å². The summed E-state index contributed by atoms with van der Waals surface area (Å²) >= 11 is 0. The minimum absolute atomic E-state index is 0.567. The number of hydrogen-bond acceptors (Lipinski definition) is 2. The third-order valence-electron chi connectivity index (χ3n) is 3.99. The van der Waals surface area contributed by atoms with Crippen molar-refractivity contribution in [2.24, 2.45) is 11.8 Å². The maximum absolute atomic E-state index is 5.78. The number of ether oxygens (including phenoxy) is 1. The van der Waals surface area contributed by atoms with Gasteiger partial charge in [0, 0.05) is 18.3 Å². The molecule has 1 aliphatic rings. The third kappa shape index (κ3) is 5.44. The second-order valence-corrected chi connectivity index (χ2v) is 6.47. The summed E-state index contributed by atoms with van der Waals surface area (Å²) < 4.78 is 5.78. The van der Waals surface area contributed by atoms with Crippen molar-refractivity contribution in [3.63, 3.8) is 0 Å². The van der Waals surface area contributed by atoms with Gasteiger partial charge in [-0.05, 0) is 36.8 Å². The molecule has 1 fully saturated rings. The number of anilines is 1. The first-order valence-electron chi connectivity index (χ1n) is 8.21. The molecular weight excluding hydrogens is 246 g/mol. The maximum atomic E-state index is 5.78. The van der Waals surface area contributed by atoms with Gasteiger partial charge < -0.3 is 10.1 Å². The first-order chi connectivity index (χ1) is 9.74. The summed E-state index contributed by atoms with van der Waals surface area (Å²) in [4.78, 5) is 0. The summed E-state index contributed by atoms with van der Waals surface area (Å²) in [5, 5.41) is 3.59. The fourth-order valence-electron chi connectivity index (χ4n) is 2.79. The molecule has 1 aromatic rings. The van der Waals surface area contributed by atoms with Crippen LogP contribution in [0.5, 0.6) is 5.75 Å². The second-order valence-electron chi connectivity index (χ2n) is 6.47. The Bertz CT molecular complexity index is 381. The van der Waals surface area contributed by atoms with E-state index in [2.05, 4.69) is 37.4 Å². The highest BCUT2D eigenvalue weighted by Crippen LogP contribution is 2.24. The van der Waals surface area contributed by atoms with Gasteiger partial charge in [0.2, 0.25) is 0 Å². The summed E-state index contributed by atoms with van der Waals surface area (Å²) in [5.41, 5.74) is 1.19. The van der Waals surface area contributed by atoms with E-state index in [0.717, 1.165) is 24.8 Å². The van der Waals surface area contributed by atoms with Gasteiger partial charge in [0.1, 0.15) is 5.75 Å². The Labute approximate surface area is 123 Å². The molecule has 0 aromatic heterocycles. The summed E-state index contributed by atoms with van der Waals surface area (Å²) in [6.07, 6.45) is 8.44. The molecule has 0 bridgehead atoms. The first kappa shape index (κ1) is 15.2. The molecule has 2 nitrogen and oxygen atoms in total. The average molecular weight is 275 g/mol. The molecule has 0 spiro atoms. The van der Waals surface area contributed by atoms with Gasteiger partial charge in [-0.1, -0.05) is 45.6 Å². The zero-order valence-corrected chi connectivity index (χ0v) is 13.0. The second kappa shape index (κ2) is 8.18. The largest absolute Gasteiger partial charge is 0.493 e. The van der Waals surface area contributed by atoms with Gasteiger partial charge in [0.25, 0.3) is 0 Å². The van der Waals surface area contributed by atoms with Crippen molar-refractivity contribution >= 4 is 5.69 Å². The minimum Gasteiger partial charge on any atom is -0.493 e. The van der Waals surface area contributed by atoms with E-state index < -0.39 is 0 Å². The lowest BCUT2D eigenvalue weighted by atomic mass is 10.0. The van der Waals surface area contributed by atoms with E-state index in [-0.39, 0.29) is 0 Å². The van der Waals surface area contributed by atoms with Crippen LogP contribution in [0.25, 0.3) is 0 Å². The molecule has 1 N–H and O–H groups in total. The molecule has 0 amide bonds. The van der Waals surface area contributed by atoms with Gasteiger partial charge in [0.05, 0.1) is 6.61 Å². The van der Waals surface area contributed by atoms with E-state index in [1.807, 2.05) is 6.07 Å². The zero-order valence-electron chi connectivity index (χ0n) is 13.0. The molecule has 0 atom stereocenters. The first-order valence-corrected chi connectivity index (χ1v) is 8.21. The molecule has 2 rings (SSSR count). The van der Waals surface area contributed by atoms with Crippen LogP contribution in [0.4, 0.5) is 5.69 Å². The van der Waals surface area contributed by atoms with Crippen molar-refractivity contribution in [1.82, 2.24) is 0 Å². The van der Waals surface area contributed by atoms with Crippen molar-refractivity contribution in [3.05, 3.63) is 24.3 Å². The van der Waals surface area contributed by atoms with Crippen LogP contribution in [0.3, 0.4) is 0 Å². The van der Waals surface area contributed by atoms with E-state index in [9.17, 15) is 0 Å². The monoisotopic (exact) mass is 275 g/mol. The molecule has 0 unspecified atom stereocenters. The highest BCUT2D eigenvalue weighted by atomic mass is 16.5. The van der Waals surface area contributed by atoms with Crippen LogP contribution in [-0.2, 0) is 0 Å². The predicted octanol–water partition coefficient (Wildman–Crippen LogP) is 5.10. The van der Waals surface area contributed by atoms with Crippen molar-refractivity contribution in [2.45, 2.75) is 52.4 Å². The average Bonchev–Trinajstić information content (AvgIpc) is 2.72. The van der Waals surface area contributed by atoms with E-state index in [1.165, 1.54) is 44.2 Å². The highest BCUT2D eigenvalue weighted by molar-refractivity contribution is 5.48. The van der Waals surface area contributed by atoms with Gasteiger partial charge in [-0.25, -0.2) is 0 Å². The summed E-state index contributed by atoms with van der Waals surface area (Å²) in [5.74, 6) is 2.39. The van der Waals surface area contributed by atoms with Crippen LogP contribution in [0.1, 0.15) is 52.4 Å². The zero-order chi connectivity index (χ0) is 14.2. The predicted molar refractivity (Wildman–Crippen MR) is 86.5 cm³/mol. The van der Waals surface area contributed by atoms with Gasteiger partial charge in [0.15, 0.2) is 0 Å². The SMILES string of the molecule is CC(C)COc1cccc(NCC2CCCCCC2)c1. The number of benzene rings is 1. The summed E-state index contributed by atoms with van der Waals surface area (Å²) in [7, 11) is 0. The lowest BCUT2D eigenvalue weighted by Crippen LogP contribution is -2.13. The molecule has 20 heavy (non-hydrogen) atoms. The Morgan fingerprint density at radius 1 is 1.15 bits per heavy atom. The summed E-state index contributed by atoms with van der Waals surface area (Å²) in [6.45, 7) is 6.24. The molecule has 112 valence electrons. The van der Waals surface area contributed by atoms with Crippen molar-refractivity contribution in [1.29, 1.82) is 0 Å².